The van der Waals surface area contributed by atoms with Gasteiger partial charge in [0, 0.05) is 10.9 Å². The molecule has 7 rings (SSSR count). The molecule has 234 valence electrons. The second-order valence-corrected chi connectivity index (χ2v) is 12.4. The van der Waals surface area contributed by atoms with Gasteiger partial charge in [0.05, 0.1) is 36.0 Å². The van der Waals surface area contributed by atoms with Gasteiger partial charge in [0.1, 0.15) is 11.6 Å². The summed E-state index contributed by atoms with van der Waals surface area (Å²) in [7, 11) is 1.09. The van der Waals surface area contributed by atoms with Crippen LogP contribution in [0.4, 0.5) is 14.9 Å². The van der Waals surface area contributed by atoms with Crippen LogP contribution in [0.2, 0.25) is 5.02 Å². The van der Waals surface area contributed by atoms with Crippen molar-refractivity contribution < 1.29 is 38.2 Å². The molecule has 2 saturated heterocycles. The summed E-state index contributed by atoms with van der Waals surface area (Å²) < 4.78 is 18.5. The topological polar surface area (TPSA) is 133 Å². The molecule has 5 amide bonds. The number of allylic oxidation sites excluding steroid dienone is 2. The number of nitrogens with one attached hydrogen (secondary N) is 1. The van der Waals surface area contributed by atoms with Gasteiger partial charge >= 0.3 is 6.09 Å². The number of rotatable bonds is 4. The number of benzene rings is 3. The lowest BCUT2D eigenvalue weighted by Crippen LogP contribution is -2.53. The average molecular weight is 644 g/mol. The van der Waals surface area contributed by atoms with Crippen molar-refractivity contribution in [2.75, 3.05) is 12.5 Å². The van der Waals surface area contributed by atoms with Gasteiger partial charge in [-0.2, -0.15) is 9.91 Å². The fourth-order valence-electron chi connectivity index (χ4n) is 7.97. The van der Waals surface area contributed by atoms with E-state index in [1.807, 2.05) is 6.08 Å². The van der Waals surface area contributed by atoms with E-state index < -0.39 is 70.5 Å². The summed E-state index contributed by atoms with van der Waals surface area (Å²) in [5, 5.41) is 11.5. The first-order valence-electron chi connectivity index (χ1n) is 14.7. The number of anilines is 1. The van der Waals surface area contributed by atoms with Crippen molar-refractivity contribution in [1.29, 1.82) is 0 Å². The second kappa shape index (κ2) is 10.8. The number of hydrogen-bond donors (Lipinski definition) is 2. The predicted molar refractivity (Wildman–Crippen MR) is 161 cm³/mol. The van der Waals surface area contributed by atoms with Gasteiger partial charge in [-0.25, -0.2) is 9.18 Å². The van der Waals surface area contributed by atoms with Gasteiger partial charge in [0.25, 0.3) is 11.8 Å². The normalized spacial score (nSPS) is 28.4. The Kier molecular flexibility index (Phi) is 6.97. The number of fused-ring (bicyclic) bond motifs is 4. The lowest BCUT2D eigenvalue weighted by Gasteiger charge is -2.50. The summed E-state index contributed by atoms with van der Waals surface area (Å²) in [6.45, 7) is 0. The molecule has 46 heavy (non-hydrogen) atoms. The number of hydrogen-bond acceptors (Lipinski definition) is 8. The molecule has 3 aromatic rings. The van der Waals surface area contributed by atoms with Crippen molar-refractivity contribution in [3.63, 3.8) is 0 Å². The van der Waals surface area contributed by atoms with E-state index in [0.717, 1.165) is 12.1 Å². The molecule has 2 heterocycles. The molecule has 0 aromatic heterocycles. The van der Waals surface area contributed by atoms with Gasteiger partial charge in [0.15, 0.2) is 0 Å². The largest absolute Gasteiger partial charge is 0.508 e. The molecule has 2 aliphatic heterocycles. The number of hydrazine groups is 1. The Bertz CT molecular complexity index is 1830. The third-order valence-corrected chi connectivity index (χ3v) is 10.1. The Morgan fingerprint density at radius 3 is 2.26 bits per heavy atom. The highest BCUT2D eigenvalue weighted by Crippen LogP contribution is 2.64. The predicted octanol–water partition coefficient (Wildman–Crippen LogP) is 4.94. The van der Waals surface area contributed by atoms with E-state index in [1.54, 1.807) is 36.4 Å². The number of ether oxygens (including phenoxy) is 1. The van der Waals surface area contributed by atoms with Crippen molar-refractivity contribution in [2.24, 2.45) is 23.7 Å². The van der Waals surface area contributed by atoms with Gasteiger partial charge in [-0.15, -0.1) is 0 Å². The third kappa shape index (κ3) is 4.18. The van der Waals surface area contributed by atoms with Gasteiger partial charge in [-0.3, -0.25) is 24.6 Å². The fourth-order valence-corrected chi connectivity index (χ4v) is 8.09. The molecule has 12 heteroatoms. The lowest BCUT2D eigenvalue weighted by molar-refractivity contribution is -0.140. The Hall–Kier alpha value is -5.03. The Morgan fingerprint density at radius 1 is 0.935 bits per heavy atom. The molecule has 3 fully saturated rings. The minimum absolute atomic E-state index is 0.00962. The maximum absolute atomic E-state index is 14.9. The molecule has 3 aromatic carbocycles. The van der Waals surface area contributed by atoms with Gasteiger partial charge < -0.3 is 9.84 Å². The third-order valence-electron chi connectivity index (χ3n) is 9.84. The van der Waals surface area contributed by atoms with Gasteiger partial charge in [-0.1, -0.05) is 47.5 Å². The number of nitrogens with zero attached hydrogens (tertiary/aromatic N) is 2. The van der Waals surface area contributed by atoms with Crippen LogP contribution in [0.25, 0.3) is 0 Å². The summed E-state index contributed by atoms with van der Waals surface area (Å²) in [5.74, 6) is -7.38. The minimum Gasteiger partial charge on any atom is -0.508 e. The van der Waals surface area contributed by atoms with Crippen molar-refractivity contribution in [3.8, 4) is 5.75 Å². The van der Waals surface area contributed by atoms with Crippen LogP contribution in [0, 0.1) is 29.5 Å². The first-order valence-corrected chi connectivity index (χ1v) is 15.1. The molecular weight excluding hydrogens is 617 g/mol. The van der Waals surface area contributed by atoms with Gasteiger partial charge in [-0.05, 0) is 78.4 Å². The highest BCUT2D eigenvalue weighted by Gasteiger charge is 2.70. The van der Waals surface area contributed by atoms with E-state index in [4.69, 9.17) is 16.3 Å². The highest BCUT2D eigenvalue weighted by atomic mass is 35.5. The van der Waals surface area contributed by atoms with E-state index in [9.17, 15) is 33.5 Å². The number of phenols is 1. The maximum Gasteiger partial charge on any atom is 0.423 e. The first-order chi connectivity index (χ1) is 22.1. The number of halogens is 2. The van der Waals surface area contributed by atoms with Crippen LogP contribution >= 0.6 is 11.6 Å². The fraction of sp³-hybridized carbons (Fsp3) is 0.265. The molecular formula is C34H27ClFN3O7. The van der Waals surface area contributed by atoms with E-state index in [-0.39, 0.29) is 18.6 Å². The van der Waals surface area contributed by atoms with Crippen LogP contribution in [-0.2, 0) is 29.3 Å². The summed E-state index contributed by atoms with van der Waals surface area (Å²) >= 11 is 6.27. The summed E-state index contributed by atoms with van der Waals surface area (Å²) in [5.41, 5.74) is 3.41. The zero-order valence-electron chi connectivity index (χ0n) is 24.4. The Labute approximate surface area is 267 Å². The van der Waals surface area contributed by atoms with E-state index in [0.29, 0.717) is 32.3 Å². The molecule has 0 radical (unpaired) electrons. The average Bonchev–Trinajstić information content (AvgIpc) is 3.43. The molecule has 2 aliphatic carbocycles. The SMILES string of the molecule is COC(=O)N1C(=O)[C@H]2[C@H](CC=C3[C@H]2C[C@H]2C(=O)N(Nc4ccc(F)cc4)C(=O)[C@@]2(c2ccc(Cl)cc2)[C@H]3c2ccc(O)cc2)C1=O. The molecule has 0 bridgehead atoms. The lowest BCUT2D eigenvalue weighted by atomic mass is 9.49. The number of imide groups is 4. The molecule has 4 aliphatic rings. The number of amides is 5. The number of aromatic hydroxyl groups is 1. The quantitative estimate of drug-likeness (QED) is 0.302. The maximum atomic E-state index is 14.9. The summed E-state index contributed by atoms with van der Waals surface area (Å²) in [4.78, 5) is 69.6. The molecule has 0 spiro atoms. The van der Waals surface area contributed by atoms with Crippen molar-refractivity contribution in [3.05, 3.63) is 106 Å². The molecule has 1 saturated carbocycles. The molecule has 0 unspecified atom stereocenters. The zero-order chi connectivity index (χ0) is 32.5. The van der Waals surface area contributed by atoms with E-state index in [1.165, 1.54) is 36.4 Å². The van der Waals surface area contributed by atoms with Crippen LogP contribution in [0.15, 0.2) is 84.4 Å². The molecule has 2 N–H and O–H groups in total. The van der Waals surface area contributed by atoms with Crippen molar-refractivity contribution in [1.82, 2.24) is 9.91 Å². The number of carbonyl (C=O) groups is 5. The summed E-state index contributed by atoms with van der Waals surface area (Å²) in [6.07, 6.45) is 0.917. The second-order valence-electron chi connectivity index (χ2n) is 11.9. The van der Waals surface area contributed by atoms with Crippen LogP contribution in [-0.4, -0.2) is 51.8 Å². The number of phenolic OH excluding ortho intramolecular Hbond substituents is 1. The Balaban J connectivity index is 1.44. The minimum atomic E-state index is -1.55. The number of likely N-dealkylation sites (tertiary alicyclic amines) is 1. The van der Waals surface area contributed by atoms with Crippen LogP contribution < -0.4 is 5.43 Å². The van der Waals surface area contributed by atoms with E-state index >= 15 is 0 Å². The smallest absolute Gasteiger partial charge is 0.423 e. The Morgan fingerprint density at radius 2 is 1.61 bits per heavy atom. The van der Waals surface area contributed by atoms with Crippen molar-refractivity contribution in [2.45, 2.75) is 24.2 Å². The van der Waals surface area contributed by atoms with Crippen LogP contribution in [0.5, 0.6) is 5.75 Å². The number of methoxy groups -OCH3 is 1. The monoisotopic (exact) mass is 643 g/mol. The van der Waals surface area contributed by atoms with Crippen LogP contribution in [0.1, 0.15) is 29.9 Å². The first kappa shape index (κ1) is 29.7. The highest BCUT2D eigenvalue weighted by molar-refractivity contribution is 6.30. The van der Waals surface area contributed by atoms with Crippen molar-refractivity contribution >= 4 is 47.0 Å². The molecule has 6 atom stereocenters. The molecule has 10 nitrogen and oxygen atoms in total. The van der Waals surface area contributed by atoms with E-state index in [2.05, 4.69) is 5.43 Å². The van der Waals surface area contributed by atoms with Crippen LogP contribution in [0.3, 0.4) is 0 Å². The van der Waals surface area contributed by atoms with Gasteiger partial charge in [0.2, 0.25) is 11.8 Å². The number of carbonyl (C=O) groups excluding carboxylic acids is 5. The summed E-state index contributed by atoms with van der Waals surface area (Å²) in [6, 6.07) is 18.2. The standard InChI is InChI=1S/C34H27ClFN3O7/c1-46-33(45)38-29(41)24-15-14-23-25(27(24)31(38)43)16-26-30(42)39(37-21-10-8-20(36)9-11-21)32(44)34(26,18-4-6-19(35)7-5-18)28(23)17-2-12-22(40)13-3-17/h2-14,24-28,37,40H,15-16H2,1H3/t24-,25+,26-,27-,28-,34+/m0/s1. The zero-order valence-corrected chi connectivity index (χ0v) is 25.1.